The molecule has 0 aliphatic heterocycles. The van der Waals surface area contributed by atoms with Gasteiger partial charge in [-0.25, -0.2) is 0 Å². The zero-order valence-corrected chi connectivity index (χ0v) is 16.3. The highest BCUT2D eigenvalue weighted by Crippen LogP contribution is 2.35. The number of halogens is 3. The van der Waals surface area contributed by atoms with Crippen molar-refractivity contribution in [3.63, 3.8) is 0 Å². The molecule has 0 bridgehead atoms. The lowest BCUT2D eigenvalue weighted by molar-refractivity contribution is -0.137. The van der Waals surface area contributed by atoms with Gasteiger partial charge in [-0.1, -0.05) is 35.9 Å². The molecule has 1 heterocycles. The van der Waals surface area contributed by atoms with Crippen molar-refractivity contribution >= 4 is 23.5 Å². The molecule has 1 amide bonds. The Morgan fingerprint density at radius 3 is 2.48 bits per heavy atom. The second-order valence-electron chi connectivity index (χ2n) is 6.50. The van der Waals surface area contributed by atoms with Crippen molar-refractivity contribution in [1.82, 2.24) is 4.98 Å². The maximum Gasteiger partial charge on any atom is 0.417 e. The first-order chi connectivity index (χ1) is 13.8. The first kappa shape index (κ1) is 20.9. The number of anilines is 1. The van der Waals surface area contributed by atoms with Gasteiger partial charge < -0.3 is 5.32 Å². The largest absolute Gasteiger partial charge is 0.417 e. The number of pyridine rings is 1. The smallest absolute Gasteiger partial charge is 0.326 e. The van der Waals surface area contributed by atoms with Gasteiger partial charge in [0, 0.05) is 28.5 Å². The minimum Gasteiger partial charge on any atom is -0.326 e. The average molecular weight is 417 g/mol. The van der Waals surface area contributed by atoms with E-state index in [-0.39, 0.29) is 12.3 Å². The molecule has 1 aromatic heterocycles. The Balaban J connectivity index is 1.80. The number of aryl methyl sites for hydroxylation is 1. The topological polar surface area (TPSA) is 68.0 Å². The molecule has 3 rings (SSSR count). The number of nitrogens with two attached hydrogens (primary N) is 1. The Morgan fingerprint density at radius 2 is 1.83 bits per heavy atom. The normalized spacial score (nSPS) is 11.3. The monoisotopic (exact) mass is 417 g/mol. The minimum absolute atomic E-state index is 0.199. The Kier molecular flexibility index (Phi) is 6.24. The van der Waals surface area contributed by atoms with Crippen LogP contribution in [0.25, 0.3) is 11.1 Å². The number of nitrogens with zero attached hydrogens (tertiary/aromatic N) is 1. The molecule has 0 aliphatic carbocycles. The molecule has 0 atom stereocenters. The van der Waals surface area contributed by atoms with Gasteiger partial charge in [-0.05, 0) is 48.2 Å². The second-order valence-corrected chi connectivity index (χ2v) is 7.17. The fourth-order valence-corrected chi connectivity index (χ4v) is 3.28. The van der Waals surface area contributed by atoms with Gasteiger partial charge in [0.25, 0.3) is 0 Å². The summed E-state index contributed by atoms with van der Waals surface area (Å²) in [6.45, 7) is 1.97. The maximum atomic E-state index is 13.0. The lowest BCUT2D eigenvalue weighted by Gasteiger charge is -2.13. The molecule has 8 heteroatoms. The molecule has 0 radical (unpaired) electrons. The number of carbonyl (C=O) groups is 1. The number of carbonyl (C=O) groups excluding carboxylic acids is 1. The third kappa shape index (κ3) is 5.36. The van der Waals surface area contributed by atoms with Crippen LogP contribution < -0.4 is 10.5 Å². The van der Waals surface area contributed by atoms with E-state index in [1.807, 2.05) is 31.2 Å². The van der Waals surface area contributed by atoms with Crippen LogP contribution in [0.5, 0.6) is 0 Å². The number of amides is 1. The van der Waals surface area contributed by atoms with E-state index >= 15 is 0 Å². The second kappa shape index (κ2) is 8.67. The quantitative estimate of drug-likeness (QED) is 0.559. The van der Waals surface area contributed by atoms with E-state index < -0.39 is 11.7 Å². The SMILES string of the molecule is Cc1ccc(CC(=O)Nc2ccc(-c3cncc(C(F)(F)F)c3)c(SN)c2)cc1. The molecule has 150 valence electrons. The number of hydrogen-bond donors (Lipinski definition) is 2. The number of hydrogen-bond acceptors (Lipinski definition) is 4. The van der Waals surface area contributed by atoms with Crippen molar-refractivity contribution in [2.75, 3.05) is 5.32 Å². The van der Waals surface area contributed by atoms with Crippen LogP contribution in [0.2, 0.25) is 0 Å². The Morgan fingerprint density at radius 1 is 1.10 bits per heavy atom. The third-order valence-corrected chi connectivity index (χ3v) is 4.85. The van der Waals surface area contributed by atoms with E-state index in [1.54, 1.807) is 18.2 Å². The van der Waals surface area contributed by atoms with Crippen molar-refractivity contribution in [2.24, 2.45) is 5.14 Å². The zero-order chi connectivity index (χ0) is 21.0. The molecule has 29 heavy (non-hydrogen) atoms. The van der Waals surface area contributed by atoms with Crippen LogP contribution in [0.1, 0.15) is 16.7 Å². The van der Waals surface area contributed by atoms with Crippen molar-refractivity contribution in [3.05, 3.63) is 77.6 Å². The van der Waals surface area contributed by atoms with E-state index in [0.29, 0.717) is 21.7 Å². The minimum atomic E-state index is -4.48. The van der Waals surface area contributed by atoms with E-state index in [9.17, 15) is 18.0 Å². The third-order valence-electron chi connectivity index (χ3n) is 4.25. The van der Waals surface area contributed by atoms with Crippen LogP contribution in [-0.4, -0.2) is 10.9 Å². The van der Waals surface area contributed by atoms with Gasteiger partial charge in [0.2, 0.25) is 5.91 Å². The van der Waals surface area contributed by atoms with Crippen LogP contribution in [0, 0.1) is 6.92 Å². The molecular formula is C21H18F3N3OS. The summed E-state index contributed by atoms with van der Waals surface area (Å²) in [7, 11) is 0. The highest BCUT2D eigenvalue weighted by molar-refractivity contribution is 7.97. The Bertz CT molecular complexity index is 1020. The molecule has 3 N–H and O–H groups in total. The van der Waals surface area contributed by atoms with Gasteiger partial charge in [0.1, 0.15) is 0 Å². The summed E-state index contributed by atoms with van der Waals surface area (Å²) in [5, 5.41) is 8.50. The van der Waals surface area contributed by atoms with E-state index in [4.69, 9.17) is 5.14 Å². The summed E-state index contributed by atoms with van der Waals surface area (Å²) >= 11 is 0.890. The molecule has 0 unspecified atom stereocenters. The van der Waals surface area contributed by atoms with Crippen LogP contribution in [-0.2, 0) is 17.4 Å². The summed E-state index contributed by atoms with van der Waals surface area (Å²) in [5.74, 6) is -0.199. The number of benzene rings is 2. The summed E-state index contributed by atoms with van der Waals surface area (Å²) in [4.78, 5) is 16.5. The van der Waals surface area contributed by atoms with Crippen molar-refractivity contribution < 1.29 is 18.0 Å². The standard InChI is InChI=1S/C21H18F3N3OS/c1-13-2-4-14(5-3-13)8-20(28)27-17-6-7-18(19(10-17)29-25)15-9-16(12-26-11-15)21(22,23)24/h2-7,9-12H,8,25H2,1H3,(H,27,28). The van der Waals surface area contributed by atoms with Crippen LogP contribution in [0.4, 0.5) is 18.9 Å². The Labute approximate surface area is 170 Å². The predicted molar refractivity (Wildman–Crippen MR) is 108 cm³/mol. The molecule has 0 saturated heterocycles. The first-order valence-corrected chi connectivity index (χ1v) is 9.53. The molecule has 0 aliphatic rings. The molecule has 0 saturated carbocycles. The van der Waals surface area contributed by atoms with Crippen LogP contribution in [0.15, 0.2) is 65.8 Å². The van der Waals surface area contributed by atoms with Crippen molar-refractivity contribution in [3.8, 4) is 11.1 Å². The Hall–Kier alpha value is -2.84. The van der Waals surface area contributed by atoms with Gasteiger partial charge >= 0.3 is 6.18 Å². The van der Waals surface area contributed by atoms with Crippen molar-refractivity contribution in [1.29, 1.82) is 0 Å². The van der Waals surface area contributed by atoms with Gasteiger partial charge in [-0.2, -0.15) is 13.2 Å². The number of nitrogens with one attached hydrogen (secondary N) is 1. The molecular weight excluding hydrogens is 399 g/mol. The van der Waals surface area contributed by atoms with E-state index in [1.165, 1.54) is 6.20 Å². The molecule has 0 fully saturated rings. The fourth-order valence-electron chi connectivity index (χ4n) is 2.77. The molecule has 2 aromatic carbocycles. The molecule has 3 aromatic rings. The van der Waals surface area contributed by atoms with Gasteiger partial charge in [0.05, 0.1) is 12.0 Å². The van der Waals surface area contributed by atoms with Gasteiger partial charge in [-0.15, -0.1) is 0 Å². The number of rotatable bonds is 5. The van der Waals surface area contributed by atoms with E-state index in [2.05, 4.69) is 10.3 Å². The lowest BCUT2D eigenvalue weighted by Crippen LogP contribution is -2.14. The summed E-state index contributed by atoms with van der Waals surface area (Å²) < 4.78 is 38.9. The van der Waals surface area contributed by atoms with E-state index in [0.717, 1.165) is 35.3 Å². The number of aromatic nitrogens is 1. The van der Waals surface area contributed by atoms with Gasteiger partial charge in [-0.3, -0.25) is 14.9 Å². The number of alkyl halides is 3. The first-order valence-electron chi connectivity index (χ1n) is 8.65. The average Bonchev–Trinajstić information content (AvgIpc) is 2.69. The zero-order valence-electron chi connectivity index (χ0n) is 15.5. The maximum absolute atomic E-state index is 13.0. The predicted octanol–water partition coefficient (Wildman–Crippen LogP) is 5.22. The van der Waals surface area contributed by atoms with Crippen LogP contribution in [0.3, 0.4) is 0 Å². The summed E-state index contributed by atoms with van der Waals surface area (Å²) in [5.41, 5.74) is 2.47. The molecule has 4 nitrogen and oxygen atoms in total. The van der Waals surface area contributed by atoms with Crippen molar-refractivity contribution in [2.45, 2.75) is 24.4 Å². The summed E-state index contributed by atoms with van der Waals surface area (Å²) in [6, 6.07) is 13.5. The lowest BCUT2D eigenvalue weighted by atomic mass is 10.0. The summed E-state index contributed by atoms with van der Waals surface area (Å²) in [6.07, 6.45) is -2.15. The van der Waals surface area contributed by atoms with Gasteiger partial charge in [0.15, 0.2) is 0 Å². The fraction of sp³-hybridized carbons (Fsp3) is 0.143. The van der Waals surface area contributed by atoms with Crippen LogP contribution >= 0.6 is 11.9 Å². The molecule has 0 spiro atoms. The highest BCUT2D eigenvalue weighted by atomic mass is 32.2. The highest BCUT2D eigenvalue weighted by Gasteiger charge is 2.31.